The molecule has 1 aromatic heterocycles. The maximum atomic E-state index is 11.0. The molecule has 1 fully saturated rings. The second kappa shape index (κ2) is 3.84. The average molecular weight is 195 g/mol. The van der Waals surface area contributed by atoms with E-state index in [2.05, 4.69) is 5.32 Å². The van der Waals surface area contributed by atoms with Gasteiger partial charge >= 0.3 is 5.97 Å². The van der Waals surface area contributed by atoms with Crippen LogP contribution in [0.15, 0.2) is 22.8 Å². The quantitative estimate of drug-likeness (QED) is 0.748. The van der Waals surface area contributed by atoms with Gasteiger partial charge in [0, 0.05) is 0 Å². The maximum Gasteiger partial charge on any atom is 0.308 e. The fourth-order valence-electron chi connectivity index (χ4n) is 1.92. The van der Waals surface area contributed by atoms with E-state index < -0.39 is 5.97 Å². The van der Waals surface area contributed by atoms with Crippen molar-refractivity contribution in [2.75, 3.05) is 6.54 Å². The van der Waals surface area contributed by atoms with Gasteiger partial charge in [-0.15, -0.1) is 0 Å². The fraction of sp³-hybridized carbons (Fsp3) is 0.500. The monoisotopic (exact) mass is 195 g/mol. The number of hydrogen-bond donors (Lipinski definition) is 2. The first kappa shape index (κ1) is 9.27. The molecule has 1 saturated heterocycles. The van der Waals surface area contributed by atoms with Crippen LogP contribution in [-0.2, 0) is 4.79 Å². The molecule has 4 heteroatoms. The van der Waals surface area contributed by atoms with Crippen LogP contribution in [0.3, 0.4) is 0 Å². The molecule has 2 rings (SSSR count). The first-order chi connectivity index (χ1) is 6.79. The van der Waals surface area contributed by atoms with Gasteiger partial charge in [0.15, 0.2) is 0 Å². The van der Waals surface area contributed by atoms with Crippen LogP contribution in [0.25, 0.3) is 0 Å². The van der Waals surface area contributed by atoms with E-state index in [0.717, 1.165) is 18.7 Å². The normalized spacial score (nSPS) is 27.4. The summed E-state index contributed by atoms with van der Waals surface area (Å²) < 4.78 is 5.23. The molecular formula is C10H13NO3. The highest BCUT2D eigenvalue weighted by molar-refractivity contribution is 5.71. The van der Waals surface area contributed by atoms with Crippen molar-refractivity contribution >= 4 is 5.97 Å². The molecule has 2 N–H and O–H groups in total. The van der Waals surface area contributed by atoms with Gasteiger partial charge in [-0.2, -0.15) is 0 Å². The van der Waals surface area contributed by atoms with Crippen molar-refractivity contribution in [1.29, 1.82) is 0 Å². The molecule has 0 amide bonds. The number of piperidine rings is 1. The van der Waals surface area contributed by atoms with Crippen LogP contribution in [-0.4, -0.2) is 17.6 Å². The molecule has 0 saturated carbocycles. The summed E-state index contributed by atoms with van der Waals surface area (Å²) in [7, 11) is 0. The van der Waals surface area contributed by atoms with Crippen molar-refractivity contribution in [2.24, 2.45) is 5.92 Å². The van der Waals surface area contributed by atoms with Gasteiger partial charge in [-0.05, 0) is 31.5 Å². The van der Waals surface area contributed by atoms with E-state index >= 15 is 0 Å². The highest BCUT2D eigenvalue weighted by Gasteiger charge is 2.33. The van der Waals surface area contributed by atoms with Gasteiger partial charge in [-0.3, -0.25) is 4.79 Å². The van der Waals surface area contributed by atoms with Crippen LogP contribution < -0.4 is 5.32 Å². The molecule has 14 heavy (non-hydrogen) atoms. The van der Waals surface area contributed by atoms with Crippen molar-refractivity contribution in [3.63, 3.8) is 0 Å². The lowest BCUT2D eigenvalue weighted by Gasteiger charge is -2.28. The van der Waals surface area contributed by atoms with Gasteiger partial charge in [0.25, 0.3) is 0 Å². The van der Waals surface area contributed by atoms with Crippen LogP contribution >= 0.6 is 0 Å². The van der Waals surface area contributed by atoms with E-state index in [1.807, 2.05) is 6.07 Å². The highest BCUT2D eigenvalue weighted by Crippen LogP contribution is 2.29. The van der Waals surface area contributed by atoms with Gasteiger partial charge in [-0.1, -0.05) is 0 Å². The number of carboxylic acid groups (broad SMARTS) is 1. The third kappa shape index (κ3) is 1.65. The zero-order valence-corrected chi connectivity index (χ0v) is 7.77. The van der Waals surface area contributed by atoms with Crippen LogP contribution in [0.1, 0.15) is 24.6 Å². The zero-order valence-electron chi connectivity index (χ0n) is 7.77. The van der Waals surface area contributed by atoms with Crippen LogP contribution in [0, 0.1) is 5.92 Å². The molecule has 76 valence electrons. The van der Waals surface area contributed by atoms with Gasteiger partial charge in [-0.25, -0.2) is 0 Å². The Morgan fingerprint density at radius 2 is 2.50 bits per heavy atom. The Bertz CT molecular complexity index is 307. The van der Waals surface area contributed by atoms with E-state index in [1.54, 1.807) is 12.3 Å². The smallest absolute Gasteiger partial charge is 0.308 e. The van der Waals surface area contributed by atoms with E-state index in [4.69, 9.17) is 9.52 Å². The van der Waals surface area contributed by atoms with Crippen LogP contribution in [0.4, 0.5) is 0 Å². The van der Waals surface area contributed by atoms with Crippen LogP contribution in [0.5, 0.6) is 0 Å². The summed E-state index contributed by atoms with van der Waals surface area (Å²) in [5.41, 5.74) is 0. The van der Waals surface area contributed by atoms with Crippen molar-refractivity contribution in [1.82, 2.24) is 5.32 Å². The Hall–Kier alpha value is -1.29. The molecule has 1 aromatic rings. The number of furan rings is 1. The lowest BCUT2D eigenvalue weighted by molar-refractivity contribution is -0.144. The molecule has 2 heterocycles. The molecule has 0 unspecified atom stereocenters. The Morgan fingerprint density at radius 1 is 1.64 bits per heavy atom. The van der Waals surface area contributed by atoms with E-state index in [0.29, 0.717) is 6.42 Å². The lowest BCUT2D eigenvalue weighted by Crippen LogP contribution is -2.37. The molecule has 0 aliphatic carbocycles. The fourth-order valence-corrected chi connectivity index (χ4v) is 1.92. The molecule has 0 bridgehead atoms. The number of carbonyl (C=O) groups is 1. The number of aliphatic carboxylic acids is 1. The Labute approximate surface area is 81.9 Å². The van der Waals surface area contributed by atoms with Gasteiger partial charge in [0.1, 0.15) is 5.76 Å². The molecule has 1 aliphatic heterocycles. The van der Waals surface area contributed by atoms with E-state index in [1.165, 1.54) is 0 Å². The van der Waals surface area contributed by atoms with Crippen molar-refractivity contribution in [3.05, 3.63) is 24.2 Å². The summed E-state index contributed by atoms with van der Waals surface area (Å²) >= 11 is 0. The Balaban J connectivity index is 2.18. The molecule has 0 radical (unpaired) electrons. The predicted molar refractivity (Wildman–Crippen MR) is 49.8 cm³/mol. The molecular weight excluding hydrogens is 182 g/mol. The molecule has 0 spiro atoms. The Kier molecular flexibility index (Phi) is 2.54. The molecule has 4 nitrogen and oxygen atoms in total. The number of rotatable bonds is 2. The largest absolute Gasteiger partial charge is 0.481 e. The zero-order chi connectivity index (χ0) is 9.97. The van der Waals surface area contributed by atoms with Crippen LogP contribution in [0.2, 0.25) is 0 Å². The first-order valence-electron chi connectivity index (χ1n) is 4.78. The minimum atomic E-state index is -0.751. The summed E-state index contributed by atoms with van der Waals surface area (Å²) in [5, 5.41) is 12.2. The lowest BCUT2D eigenvalue weighted by atomic mass is 9.89. The predicted octanol–water partition coefficient (Wildman–Crippen LogP) is 1.40. The van der Waals surface area contributed by atoms with Crippen molar-refractivity contribution < 1.29 is 14.3 Å². The Morgan fingerprint density at radius 3 is 3.14 bits per heavy atom. The van der Waals surface area contributed by atoms with E-state index in [9.17, 15) is 4.79 Å². The SMILES string of the molecule is O=C(O)[C@H]1CCCN[C@@H]1c1ccco1. The average Bonchev–Trinajstić information content (AvgIpc) is 2.70. The summed E-state index contributed by atoms with van der Waals surface area (Å²) in [5.74, 6) is -0.398. The van der Waals surface area contributed by atoms with Gasteiger partial charge in [0.2, 0.25) is 0 Å². The summed E-state index contributed by atoms with van der Waals surface area (Å²) in [4.78, 5) is 11.0. The summed E-state index contributed by atoms with van der Waals surface area (Å²) in [6.45, 7) is 0.856. The molecule has 0 aromatic carbocycles. The minimum Gasteiger partial charge on any atom is -0.481 e. The second-order valence-electron chi connectivity index (χ2n) is 3.53. The summed E-state index contributed by atoms with van der Waals surface area (Å²) in [6, 6.07) is 3.43. The third-order valence-electron chi connectivity index (χ3n) is 2.63. The number of carboxylic acids is 1. The topological polar surface area (TPSA) is 62.5 Å². The van der Waals surface area contributed by atoms with Gasteiger partial charge < -0.3 is 14.8 Å². The molecule has 2 atom stereocenters. The molecule has 1 aliphatic rings. The second-order valence-corrected chi connectivity index (χ2v) is 3.53. The summed E-state index contributed by atoms with van der Waals surface area (Å²) in [6.07, 6.45) is 3.20. The first-order valence-corrected chi connectivity index (χ1v) is 4.78. The number of hydrogen-bond acceptors (Lipinski definition) is 3. The number of nitrogens with one attached hydrogen (secondary N) is 1. The van der Waals surface area contributed by atoms with Gasteiger partial charge in [0.05, 0.1) is 18.2 Å². The van der Waals surface area contributed by atoms with Crippen molar-refractivity contribution in [3.8, 4) is 0 Å². The maximum absolute atomic E-state index is 11.0. The standard InChI is InChI=1S/C10H13NO3/c12-10(13)7-3-1-5-11-9(7)8-4-2-6-14-8/h2,4,6-7,9,11H,1,3,5H2,(H,12,13)/t7-,9-/m0/s1. The van der Waals surface area contributed by atoms with Crippen molar-refractivity contribution in [2.45, 2.75) is 18.9 Å². The third-order valence-corrected chi connectivity index (χ3v) is 2.63. The highest BCUT2D eigenvalue weighted by atomic mass is 16.4. The van der Waals surface area contributed by atoms with E-state index in [-0.39, 0.29) is 12.0 Å². The minimum absolute atomic E-state index is 0.170.